The minimum Gasteiger partial charge on any atom is -0.368 e. The van der Waals surface area contributed by atoms with E-state index in [0.29, 0.717) is 23.8 Å². The lowest BCUT2D eigenvalue weighted by Crippen LogP contribution is -2.49. The van der Waals surface area contributed by atoms with Crippen LogP contribution in [0, 0.1) is 13.8 Å². The van der Waals surface area contributed by atoms with E-state index in [4.69, 9.17) is 11.6 Å². The van der Waals surface area contributed by atoms with Crippen LogP contribution in [0.5, 0.6) is 0 Å². The van der Waals surface area contributed by atoms with Crippen molar-refractivity contribution in [3.8, 4) is 0 Å². The largest absolute Gasteiger partial charge is 0.368 e. The summed E-state index contributed by atoms with van der Waals surface area (Å²) in [6, 6.07) is 13.6. The Bertz CT molecular complexity index is 845. The highest BCUT2D eigenvalue weighted by atomic mass is 35.5. The predicted molar refractivity (Wildman–Crippen MR) is 109 cm³/mol. The van der Waals surface area contributed by atoms with Crippen molar-refractivity contribution in [2.75, 3.05) is 36.4 Å². The smallest absolute Gasteiger partial charge is 0.233 e. The Morgan fingerprint density at radius 3 is 2.44 bits per heavy atom. The molecule has 0 atom stereocenters. The third-order valence-corrected chi connectivity index (χ3v) is 5.01. The zero-order chi connectivity index (χ0) is 19.4. The number of hydrogen-bond donors (Lipinski definition) is 1. The lowest BCUT2D eigenvalue weighted by Gasteiger charge is -2.36. The number of benzene rings is 2. The van der Waals surface area contributed by atoms with Gasteiger partial charge in [-0.1, -0.05) is 23.7 Å². The summed E-state index contributed by atoms with van der Waals surface area (Å²) in [5, 5.41) is 3.41. The molecular weight excluding hydrogens is 362 g/mol. The maximum atomic E-state index is 12.5. The highest BCUT2D eigenvalue weighted by molar-refractivity contribution is 6.30. The normalized spacial score (nSPS) is 14.2. The predicted octanol–water partition coefficient (Wildman–Crippen LogP) is 3.63. The fourth-order valence-corrected chi connectivity index (χ4v) is 3.48. The number of hydrogen-bond acceptors (Lipinski definition) is 3. The molecule has 1 saturated heterocycles. The lowest BCUT2D eigenvalue weighted by molar-refractivity contribution is -0.134. The van der Waals surface area contributed by atoms with Gasteiger partial charge in [0.05, 0.1) is 0 Å². The first kappa shape index (κ1) is 19.2. The molecule has 1 heterocycles. The molecule has 0 unspecified atom stereocenters. The SMILES string of the molecule is Cc1cccc(N2CCN(C(=O)CC(=O)Nc3ccc(Cl)cc3C)CC2)c1. The topological polar surface area (TPSA) is 52.7 Å². The molecule has 0 radical (unpaired) electrons. The van der Waals surface area contributed by atoms with Crippen molar-refractivity contribution < 1.29 is 9.59 Å². The Morgan fingerprint density at radius 2 is 1.78 bits per heavy atom. The van der Waals surface area contributed by atoms with E-state index in [1.807, 2.05) is 13.0 Å². The highest BCUT2D eigenvalue weighted by Crippen LogP contribution is 2.20. The van der Waals surface area contributed by atoms with Crippen LogP contribution in [-0.2, 0) is 9.59 Å². The molecule has 0 saturated carbocycles. The van der Waals surface area contributed by atoms with Crippen molar-refractivity contribution in [3.05, 3.63) is 58.6 Å². The van der Waals surface area contributed by atoms with E-state index in [0.717, 1.165) is 18.7 Å². The number of halogens is 1. The van der Waals surface area contributed by atoms with Gasteiger partial charge in [0.2, 0.25) is 11.8 Å². The molecule has 1 fully saturated rings. The minimum absolute atomic E-state index is 0.136. The standard InChI is InChI=1S/C21H24ClN3O2/c1-15-4-3-5-18(12-15)24-8-10-25(11-9-24)21(27)14-20(26)23-19-7-6-17(22)13-16(19)2/h3-7,12-13H,8-11,14H2,1-2H3,(H,23,26). The van der Waals surface area contributed by atoms with Crippen LogP contribution in [0.15, 0.2) is 42.5 Å². The van der Waals surface area contributed by atoms with Crippen LogP contribution < -0.4 is 10.2 Å². The molecule has 2 amide bonds. The van der Waals surface area contributed by atoms with E-state index in [2.05, 4.69) is 35.3 Å². The number of amides is 2. The van der Waals surface area contributed by atoms with E-state index >= 15 is 0 Å². The molecule has 0 spiro atoms. The molecule has 1 aliphatic heterocycles. The average Bonchev–Trinajstić information content (AvgIpc) is 2.64. The van der Waals surface area contributed by atoms with E-state index < -0.39 is 0 Å². The first-order chi connectivity index (χ1) is 12.9. The van der Waals surface area contributed by atoms with Gasteiger partial charge < -0.3 is 15.1 Å². The van der Waals surface area contributed by atoms with Crippen LogP contribution in [0.1, 0.15) is 17.5 Å². The number of nitrogens with one attached hydrogen (secondary N) is 1. The van der Waals surface area contributed by atoms with E-state index in [-0.39, 0.29) is 18.2 Å². The van der Waals surface area contributed by atoms with Gasteiger partial charge in [0, 0.05) is 42.6 Å². The summed E-state index contributed by atoms with van der Waals surface area (Å²) in [4.78, 5) is 28.7. The summed E-state index contributed by atoms with van der Waals surface area (Å²) in [5.41, 5.74) is 3.95. The Hall–Kier alpha value is -2.53. The number of carbonyl (C=O) groups excluding carboxylic acids is 2. The van der Waals surface area contributed by atoms with E-state index in [9.17, 15) is 9.59 Å². The third-order valence-electron chi connectivity index (χ3n) is 4.77. The molecular formula is C21H24ClN3O2. The van der Waals surface area contributed by atoms with E-state index in [1.54, 1.807) is 23.1 Å². The van der Waals surface area contributed by atoms with Gasteiger partial charge >= 0.3 is 0 Å². The number of piperazine rings is 1. The molecule has 3 rings (SSSR count). The van der Waals surface area contributed by atoms with Gasteiger partial charge in [0.25, 0.3) is 0 Å². The molecule has 2 aromatic rings. The second-order valence-corrected chi connectivity index (χ2v) is 7.33. The molecule has 0 aliphatic carbocycles. The Labute approximate surface area is 164 Å². The van der Waals surface area contributed by atoms with Gasteiger partial charge in [-0.05, 0) is 55.3 Å². The van der Waals surface area contributed by atoms with Crippen molar-refractivity contribution in [1.29, 1.82) is 0 Å². The van der Waals surface area contributed by atoms with Crippen molar-refractivity contribution in [2.45, 2.75) is 20.3 Å². The van der Waals surface area contributed by atoms with Crippen molar-refractivity contribution >= 4 is 34.8 Å². The van der Waals surface area contributed by atoms with E-state index in [1.165, 1.54) is 11.3 Å². The van der Waals surface area contributed by atoms with Crippen LogP contribution in [0.3, 0.4) is 0 Å². The number of anilines is 2. The van der Waals surface area contributed by atoms with Gasteiger partial charge in [0.15, 0.2) is 0 Å². The summed E-state index contributed by atoms with van der Waals surface area (Å²) in [7, 11) is 0. The summed E-state index contributed by atoms with van der Waals surface area (Å²) >= 11 is 5.93. The first-order valence-corrected chi connectivity index (χ1v) is 9.45. The second-order valence-electron chi connectivity index (χ2n) is 6.89. The molecule has 1 N–H and O–H groups in total. The summed E-state index contributed by atoms with van der Waals surface area (Å²) in [6.45, 7) is 6.73. The monoisotopic (exact) mass is 385 g/mol. The zero-order valence-electron chi connectivity index (χ0n) is 15.7. The number of nitrogens with zero attached hydrogens (tertiary/aromatic N) is 2. The second kappa shape index (κ2) is 8.44. The zero-order valence-corrected chi connectivity index (χ0v) is 16.4. The molecule has 5 nitrogen and oxygen atoms in total. The summed E-state index contributed by atoms with van der Waals surface area (Å²) in [6.07, 6.45) is -0.146. The number of rotatable bonds is 4. The summed E-state index contributed by atoms with van der Waals surface area (Å²) in [5.74, 6) is -0.436. The molecule has 6 heteroatoms. The minimum atomic E-state index is -0.300. The Morgan fingerprint density at radius 1 is 1.04 bits per heavy atom. The van der Waals surface area contributed by atoms with Gasteiger partial charge in [-0.15, -0.1) is 0 Å². The van der Waals surface area contributed by atoms with Crippen molar-refractivity contribution in [1.82, 2.24) is 4.90 Å². The molecule has 142 valence electrons. The fourth-order valence-electron chi connectivity index (χ4n) is 3.25. The molecule has 0 aromatic heterocycles. The van der Waals surface area contributed by atoms with Gasteiger partial charge in [0.1, 0.15) is 6.42 Å². The van der Waals surface area contributed by atoms with Gasteiger partial charge in [-0.2, -0.15) is 0 Å². The molecule has 1 aliphatic rings. The van der Waals surface area contributed by atoms with Crippen LogP contribution >= 0.6 is 11.6 Å². The van der Waals surface area contributed by atoms with Gasteiger partial charge in [-0.25, -0.2) is 0 Å². The lowest BCUT2D eigenvalue weighted by atomic mass is 10.2. The summed E-state index contributed by atoms with van der Waals surface area (Å²) < 4.78 is 0. The Kier molecular flexibility index (Phi) is 6.01. The number of aryl methyl sites for hydroxylation is 2. The molecule has 0 bridgehead atoms. The van der Waals surface area contributed by atoms with Crippen LogP contribution in [0.25, 0.3) is 0 Å². The Balaban J connectivity index is 1.51. The first-order valence-electron chi connectivity index (χ1n) is 9.08. The molecule has 27 heavy (non-hydrogen) atoms. The third kappa shape index (κ3) is 5.01. The molecule has 2 aromatic carbocycles. The average molecular weight is 386 g/mol. The van der Waals surface area contributed by atoms with Crippen LogP contribution in [0.4, 0.5) is 11.4 Å². The van der Waals surface area contributed by atoms with Crippen LogP contribution in [0.2, 0.25) is 5.02 Å². The van der Waals surface area contributed by atoms with Crippen molar-refractivity contribution in [3.63, 3.8) is 0 Å². The maximum absolute atomic E-state index is 12.5. The fraction of sp³-hybridized carbons (Fsp3) is 0.333. The maximum Gasteiger partial charge on any atom is 0.233 e. The van der Waals surface area contributed by atoms with Crippen LogP contribution in [-0.4, -0.2) is 42.9 Å². The number of carbonyl (C=O) groups is 2. The van der Waals surface area contributed by atoms with Crippen molar-refractivity contribution in [2.24, 2.45) is 0 Å². The van der Waals surface area contributed by atoms with Gasteiger partial charge in [-0.3, -0.25) is 9.59 Å². The highest BCUT2D eigenvalue weighted by Gasteiger charge is 2.23. The quantitative estimate of drug-likeness (QED) is 0.817.